The van der Waals surface area contributed by atoms with Crippen molar-refractivity contribution in [2.75, 3.05) is 12.8 Å². The van der Waals surface area contributed by atoms with E-state index < -0.39 is 0 Å². The Kier molecular flexibility index (Phi) is 8.32. The summed E-state index contributed by atoms with van der Waals surface area (Å²) in [6.45, 7) is 4.78. The Hall–Kier alpha value is -2.80. The summed E-state index contributed by atoms with van der Waals surface area (Å²) in [6.07, 6.45) is 7.58. The highest BCUT2D eigenvalue weighted by molar-refractivity contribution is 7.97. The van der Waals surface area contributed by atoms with Gasteiger partial charge in [0.25, 0.3) is 0 Å². The number of thioether (sulfide) groups is 1. The number of halogens is 1. The Morgan fingerprint density at radius 2 is 2.00 bits per heavy atom. The maximum atomic E-state index is 13.6. The van der Waals surface area contributed by atoms with Crippen LogP contribution in [0.15, 0.2) is 66.2 Å². The molecule has 5 nitrogen and oxygen atoms in total. The second-order valence-electron chi connectivity index (χ2n) is 6.95. The summed E-state index contributed by atoms with van der Waals surface area (Å²) in [7, 11) is 0. The lowest BCUT2D eigenvalue weighted by Gasteiger charge is -2.14. The van der Waals surface area contributed by atoms with Crippen molar-refractivity contribution in [3.05, 3.63) is 89.3 Å². The number of imidazole rings is 1. The predicted molar refractivity (Wildman–Crippen MR) is 123 cm³/mol. The van der Waals surface area contributed by atoms with Gasteiger partial charge in [-0.3, -0.25) is 0 Å². The molecule has 0 spiro atoms. The first-order chi connectivity index (χ1) is 14.7. The molecule has 1 aromatic heterocycles. The molecule has 1 heterocycles. The maximum absolute atomic E-state index is 13.6. The van der Waals surface area contributed by atoms with Gasteiger partial charge in [-0.2, -0.15) is 11.8 Å². The fourth-order valence-corrected chi connectivity index (χ4v) is 3.75. The van der Waals surface area contributed by atoms with Crippen LogP contribution in [-0.2, 0) is 25.4 Å². The summed E-state index contributed by atoms with van der Waals surface area (Å²) in [5.41, 5.74) is 4.46. The molecule has 0 aliphatic carbocycles. The van der Waals surface area contributed by atoms with Crippen LogP contribution in [-0.4, -0.2) is 28.3 Å². The Balaban J connectivity index is 1.65. The molecule has 0 bridgehead atoms. The molecule has 0 amide bonds. The minimum absolute atomic E-state index is 0.195. The Morgan fingerprint density at radius 1 is 1.13 bits per heavy atom. The zero-order valence-electron chi connectivity index (χ0n) is 17.4. The second-order valence-corrected chi connectivity index (χ2v) is 7.82. The van der Waals surface area contributed by atoms with Gasteiger partial charge in [0, 0.05) is 37.8 Å². The lowest BCUT2D eigenvalue weighted by atomic mass is 10.1. The van der Waals surface area contributed by atoms with Gasteiger partial charge in [-0.25, -0.2) is 14.4 Å². The van der Waals surface area contributed by atoms with Crippen molar-refractivity contribution < 1.29 is 4.39 Å². The van der Waals surface area contributed by atoms with Crippen molar-refractivity contribution in [1.82, 2.24) is 20.2 Å². The molecule has 3 aromatic rings. The van der Waals surface area contributed by atoms with Gasteiger partial charge in [0.15, 0.2) is 5.96 Å². The third kappa shape index (κ3) is 6.62. The molecule has 30 heavy (non-hydrogen) atoms. The monoisotopic (exact) mass is 425 g/mol. The largest absolute Gasteiger partial charge is 0.357 e. The quantitative estimate of drug-likeness (QED) is 0.399. The molecular formula is C23H28FN5S. The van der Waals surface area contributed by atoms with Crippen molar-refractivity contribution >= 4 is 17.7 Å². The fourth-order valence-electron chi connectivity index (χ4n) is 3.17. The van der Waals surface area contributed by atoms with Gasteiger partial charge < -0.3 is 15.2 Å². The third-order valence-electron chi connectivity index (χ3n) is 4.59. The van der Waals surface area contributed by atoms with Crippen LogP contribution < -0.4 is 10.6 Å². The zero-order chi connectivity index (χ0) is 21.2. The van der Waals surface area contributed by atoms with Gasteiger partial charge in [0.2, 0.25) is 0 Å². The minimum atomic E-state index is -0.195. The number of guanidine groups is 1. The molecule has 0 radical (unpaired) electrons. The number of aromatic nitrogens is 2. The zero-order valence-corrected chi connectivity index (χ0v) is 18.3. The average molecular weight is 426 g/mol. The van der Waals surface area contributed by atoms with Crippen molar-refractivity contribution in [2.45, 2.75) is 32.3 Å². The van der Waals surface area contributed by atoms with Crippen LogP contribution in [0.3, 0.4) is 0 Å². The minimum Gasteiger partial charge on any atom is -0.357 e. The number of benzene rings is 2. The van der Waals surface area contributed by atoms with Crippen molar-refractivity contribution in [2.24, 2.45) is 4.99 Å². The summed E-state index contributed by atoms with van der Waals surface area (Å²) >= 11 is 1.69. The molecule has 0 aliphatic rings. The molecule has 0 aliphatic heterocycles. The number of aliphatic imine (C=N–C) groups is 1. The van der Waals surface area contributed by atoms with Crippen LogP contribution in [0.25, 0.3) is 0 Å². The van der Waals surface area contributed by atoms with Gasteiger partial charge in [0.1, 0.15) is 5.82 Å². The number of hydrogen-bond donors (Lipinski definition) is 2. The smallest absolute Gasteiger partial charge is 0.191 e. The van der Waals surface area contributed by atoms with E-state index in [1.54, 1.807) is 24.0 Å². The lowest BCUT2D eigenvalue weighted by Crippen LogP contribution is -2.37. The summed E-state index contributed by atoms with van der Waals surface area (Å²) in [5, 5.41) is 6.66. The first-order valence-electron chi connectivity index (χ1n) is 10.00. The van der Waals surface area contributed by atoms with Gasteiger partial charge in [0.05, 0.1) is 12.9 Å². The standard InChI is InChI=1S/C23H28FN5S/c1-3-26-23(28-14-20-7-8-22(24)12-21(20)16-30-2)27-13-18-5-4-6-19(11-18)15-29-10-9-25-17-29/h4-12,17H,3,13-16H2,1-2H3,(H2,26,27,28). The summed E-state index contributed by atoms with van der Waals surface area (Å²) in [6, 6.07) is 13.4. The van der Waals surface area contributed by atoms with E-state index >= 15 is 0 Å². The van der Waals surface area contributed by atoms with Gasteiger partial charge >= 0.3 is 0 Å². The summed E-state index contributed by atoms with van der Waals surface area (Å²) < 4.78 is 15.6. The first kappa shape index (κ1) is 21.9. The molecule has 0 fully saturated rings. The van der Waals surface area contributed by atoms with E-state index in [1.807, 2.05) is 36.3 Å². The van der Waals surface area contributed by atoms with E-state index in [4.69, 9.17) is 4.99 Å². The van der Waals surface area contributed by atoms with Crippen LogP contribution >= 0.6 is 11.8 Å². The highest BCUT2D eigenvalue weighted by atomic mass is 32.2. The highest BCUT2D eigenvalue weighted by Crippen LogP contribution is 2.16. The molecule has 7 heteroatoms. The van der Waals surface area contributed by atoms with Gasteiger partial charge in [-0.15, -0.1) is 0 Å². The molecule has 2 N–H and O–H groups in total. The average Bonchev–Trinajstić information content (AvgIpc) is 3.25. The van der Waals surface area contributed by atoms with Crippen LogP contribution in [0.1, 0.15) is 29.2 Å². The summed E-state index contributed by atoms with van der Waals surface area (Å²) in [5.74, 6) is 1.34. The topological polar surface area (TPSA) is 54.2 Å². The summed E-state index contributed by atoms with van der Waals surface area (Å²) in [4.78, 5) is 8.82. The van der Waals surface area contributed by atoms with E-state index in [0.717, 1.165) is 41.5 Å². The molecule has 158 valence electrons. The van der Waals surface area contributed by atoms with Crippen LogP contribution in [0.2, 0.25) is 0 Å². The highest BCUT2D eigenvalue weighted by Gasteiger charge is 2.06. The first-order valence-corrected chi connectivity index (χ1v) is 11.4. The number of nitrogens with zero attached hydrogens (tertiary/aromatic N) is 3. The molecule has 0 saturated carbocycles. The van der Waals surface area contributed by atoms with Crippen molar-refractivity contribution in [3.8, 4) is 0 Å². The van der Waals surface area contributed by atoms with E-state index in [1.165, 1.54) is 11.6 Å². The number of hydrogen-bond acceptors (Lipinski definition) is 3. The van der Waals surface area contributed by atoms with Crippen LogP contribution in [0.5, 0.6) is 0 Å². The molecule has 2 aromatic carbocycles. The predicted octanol–water partition coefficient (Wildman–Crippen LogP) is 4.19. The van der Waals surface area contributed by atoms with E-state index in [9.17, 15) is 4.39 Å². The molecule has 0 atom stereocenters. The third-order valence-corrected chi connectivity index (χ3v) is 5.19. The Morgan fingerprint density at radius 3 is 2.77 bits per heavy atom. The van der Waals surface area contributed by atoms with Crippen LogP contribution in [0.4, 0.5) is 4.39 Å². The fraction of sp³-hybridized carbons (Fsp3) is 0.304. The normalized spacial score (nSPS) is 11.5. The molecule has 3 rings (SSSR count). The van der Waals surface area contributed by atoms with E-state index in [2.05, 4.69) is 39.9 Å². The molecule has 0 saturated heterocycles. The maximum Gasteiger partial charge on any atom is 0.191 e. The van der Waals surface area contributed by atoms with E-state index in [0.29, 0.717) is 13.1 Å². The number of nitrogens with one attached hydrogen (secondary N) is 2. The molecular weight excluding hydrogens is 397 g/mol. The second kappa shape index (κ2) is 11.4. The molecule has 0 unspecified atom stereocenters. The lowest BCUT2D eigenvalue weighted by molar-refractivity contribution is 0.625. The number of rotatable bonds is 9. The van der Waals surface area contributed by atoms with Crippen molar-refractivity contribution in [3.63, 3.8) is 0 Å². The van der Waals surface area contributed by atoms with E-state index in [-0.39, 0.29) is 5.82 Å². The Bertz CT molecular complexity index is 956. The van der Waals surface area contributed by atoms with Crippen LogP contribution in [0, 0.1) is 5.82 Å². The Labute approximate surface area is 181 Å². The van der Waals surface area contributed by atoms with Crippen molar-refractivity contribution in [1.29, 1.82) is 0 Å². The van der Waals surface area contributed by atoms with Gasteiger partial charge in [-0.1, -0.05) is 30.3 Å². The van der Waals surface area contributed by atoms with Gasteiger partial charge in [-0.05, 0) is 47.6 Å². The SMILES string of the molecule is CCNC(=NCc1cccc(Cn2ccnc2)c1)NCc1ccc(F)cc1CSC.